The molecule has 2 aromatic rings. The van der Waals surface area contributed by atoms with Crippen molar-refractivity contribution in [1.82, 2.24) is 15.0 Å². The third-order valence-electron chi connectivity index (χ3n) is 3.75. The molecule has 1 aromatic heterocycles. The van der Waals surface area contributed by atoms with Crippen LogP contribution in [0.15, 0.2) is 24.3 Å². The van der Waals surface area contributed by atoms with E-state index in [0.717, 1.165) is 24.1 Å². The molecule has 0 spiro atoms. The molecule has 0 amide bonds. The van der Waals surface area contributed by atoms with E-state index < -0.39 is 10.9 Å². The van der Waals surface area contributed by atoms with Gasteiger partial charge in [0.2, 0.25) is 5.69 Å². The highest BCUT2D eigenvalue weighted by molar-refractivity contribution is 5.91. The zero-order valence-corrected chi connectivity index (χ0v) is 12.3. The predicted molar refractivity (Wildman–Crippen MR) is 81.0 cm³/mol. The van der Waals surface area contributed by atoms with Gasteiger partial charge in [-0.2, -0.15) is 0 Å². The van der Waals surface area contributed by atoms with Gasteiger partial charge in [0.15, 0.2) is 11.5 Å². The molecule has 23 heavy (non-hydrogen) atoms. The highest BCUT2D eigenvalue weighted by atomic mass is 16.6. The molecule has 0 aliphatic carbocycles. The first-order valence-corrected chi connectivity index (χ1v) is 7.27. The molecule has 0 atom stereocenters. The lowest BCUT2D eigenvalue weighted by Crippen LogP contribution is -2.31. The number of nitro benzene ring substituents is 1. The zero-order chi connectivity index (χ0) is 16.4. The van der Waals surface area contributed by atoms with Gasteiger partial charge < -0.3 is 10.0 Å². The van der Waals surface area contributed by atoms with Crippen LogP contribution in [0.5, 0.6) is 0 Å². The van der Waals surface area contributed by atoms with Crippen LogP contribution in [0, 0.1) is 10.1 Å². The van der Waals surface area contributed by atoms with Gasteiger partial charge in [0.25, 0.3) is 5.69 Å². The van der Waals surface area contributed by atoms with E-state index in [0.29, 0.717) is 13.1 Å². The number of carbonyl (C=O) groups is 1. The van der Waals surface area contributed by atoms with E-state index in [1.165, 1.54) is 18.2 Å². The molecule has 9 nitrogen and oxygen atoms in total. The Morgan fingerprint density at radius 1 is 1.17 bits per heavy atom. The molecule has 0 bridgehead atoms. The number of piperidine rings is 1. The highest BCUT2D eigenvalue weighted by Crippen LogP contribution is 2.25. The van der Waals surface area contributed by atoms with Crippen molar-refractivity contribution in [3.05, 3.63) is 40.1 Å². The molecule has 1 aliphatic rings. The van der Waals surface area contributed by atoms with Gasteiger partial charge >= 0.3 is 5.97 Å². The quantitative estimate of drug-likeness (QED) is 0.676. The van der Waals surface area contributed by atoms with E-state index in [2.05, 4.69) is 10.2 Å². The number of benzene rings is 1. The number of anilines is 1. The monoisotopic (exact) mass is 317 g/mol. The maximum atomic E-state index is 11.5. The van der Waals surface area contributed by atoms with Crippen LogP contribution in [0.25, 0.3) is 5.69 Å². The van der Waals surface area contributed by atoms with Crippen LogP contribution in [0.2, 0.25) is 0 Å². The van der Waals surface area contributed by atoms with Gasteiger partial charge in [-0.05, 0) is 25.3 Å². The van der Waals surface area contributed by atoms with Crippen molar-refractivity contribution in [3.8, 4) is 5.69 Å². The summed E-state index contributed by atoms with van der Waals surface area (Å²) in [5, 5.41) is 28.7. The number of nitro groups is 1. The summed E-state index contributed by atoms with van der Waals surface area (Å²) in [4.78, 5) is 24.9. The molecule has 1 saturated heterocycles. The molecule has 0 unspecified atom stereocenters. The largest absolute Gasteiger partial charge is 0.476 e. The molecular formula is C14H15N5O4. The van der Waals surface area contributed by atoms with E-state index in [1.54, 1.807) is 6.07 Å². The zero-order valence-electron chi connectivity index (χ0n) is 12.3. The summed E-state index contributed by atoms with van der Waals surface area (Å²) >= 11 is 0. The summed E-state index contributed by atoms with van der Waals surface area (Å²) in [5.41, 5.74) is -0.224. The second-order valence-electron chi connectivity index (χ2n) is 5.26. The summed E-state index contributed by atoms with van der Waals surface area (Å²) in [5.74, 6) is -0.939. The van der Waals surface area contributed by atoms with Crippen molar-refractivity contribution in [1.29, 1.82) is 0 Å². The number of carboxylic acid groups (broad SMARTS) is 1. The summed E-state index contributed by atoms with van der Waals surface area (Å²) < 4.78 is 0. The first-order valence-electron chi connectivity index (χ1n) is 7.27. The van der Waals surface area contributed by atoms with Gasteiger partial charge in [-0.3, -0.25) is 10.1 Å². The molecule has 1 N–H and O–H groups in total. The number of carboxylic acids is 1. The SMILES string of the molecule is O=C(O)c1nn(-c2ccccc2[N+](=O)[O-])nc1N1CCCCC1. The van der Waals surface area contributed by atoms with Crippen LogP contribution in [-0.2, 0) is 0 Å². The standard InChI is InChI=1S/C14H15N5O4/c20-14(21)12-13(17-8-4-1-5-9-17)16-18(15-12)10-6-2-3-7-11(10)19(22)23/h2-3,6-7H,1,4-5,8-9H2,(H,20,21). The Morgan fingerprint density at radius 2 is 1.87 bits per heavy atom. The maximum absolute atomic E-state index is 11.5. The molecule has 120 valence electrons. The van der Waals surface area contributed by atoms with Gasteiger partial charge in [0, 0.05) is 19.2 Å². The van der Waals surface area contributed by atoms with E-state index in [4.69, 9.17) is 0 Å². The van der Waals surface area contributed by atoms with Crippen LogP contribution in [0.4, 0.5) is 11.5 Å². The fourth-order valence-electron chi connectivity index (χ4n) is 2.65. The lowest BCUT2D eigenvalue weighted by molar-refractivity contribution is -0.384. The summed E-state index contributed by atoms with van der Waals surface area (Å²) in [6, 6.07) is 5.98. The maximum Gasteiger partial charge on any atom is 0.360 e. The third-order valence-corrected chi connectivity index (χ3v) is 3.75. The Morgan fingerprint density at radius 3 is 2.52 bits per heavy atom. The fraction of sp³-hybridized carbons (Fsp3) is 0.357. The highest BCUT2D eigenvalue weighted by Gasteiger charge is 2.26. The van der Waals surface area contributed by atoms with Crippen LogP contribution in [0.1, 0.15) is 29.8 Å². The van der Waals surface area contributed by atoms with Crippen LogP contribution in [0.3, 0.4) is 0 Å². The van der Waals surface area contributed by atoms with Crippen molar-refractivity contribution >= 4 is 17.5 Å². The predicted octanol–water partition coefficient (Wildman–Crippen LogP) is 1.86. The number of rotatable bonds is 4. The van der Waals surface area contributed by atoms with Crippen LogP contribution in [-0.4, -0.2) is 44.1 Å². The second kappa shape index (κ2) is 6.03. The van der Waals surface area contributed by atoms with Crippen LogP contribution < -0.4 is 4.90 Å². The van der Waals surface area contributed by atoms with Gasteiger partial charge in [0.1, 0.15) is 0 Å². The van der Waals surface area contributed by atoms with Crippen molar-refractivity contribution < 1.29 is 14.8 Å². The Labute approximate surface area is 131 Å². The summed E-state index contributed by atoms with van der Waals surface area (Å²) in [6.45, 7) is 1.41. The van der Waals surface area contributed by atoms with Crippen molar-refractivity contribution in [2.45, 2.75) is 19.3 Å². The van der Waals surface area contributed by atoms with Gasteiger partial charge in [-0.1, -0.05) is 12.1 Å². The van der Waals surface area contributed by atoms with Crippen molar-refractivity contribution in [3.63, 3.8) is 0 Å². The van der Waals surface area contributed by atoms with Crippen molar-refractivity contribution in [2.75, 3.05) is 18.0 Å². The molecule has 9 heteroatoms. The molecule has 0 radical (unpaired) electrons. The van der Waals surface area contributed by atoms with Gasteiger partial charge in [-0.15, -0.1) is 15.0 Å². The number of aromatic carboxylic acids is 1. The first kappa shape index (κ1) is 14.9. The Hall–Kier alpha value is -2.97. The normalized spacial score (nSPS) is 14.7. The minimum absolute atomic E-state index is 0.142. The number of aromatic nitrogens is 3. The number of hydrogen-bond donors (Lipinski definition) is 1. The average Bonchev–Trinajstić information content (AvgIpc) is 3.01. The van der Waals surface area contributed by atoms with Crippen molar-refractivity contribution in [2.24, 2.45) is 0 Å². The van der Waals surface area contributed by atoms with Gasteiger partial charge in [0.05, 0.1) is 4.92 Å². The Bertz CT molecular complexity index is 751. The van der Waals surface area contributed by atoms with E-state index in [-0.39, 0.29) is 22.9 Å². The topological polar surface area (TPSA) is 114 Å². The van der Waals surface area contributed by atoms with E-state index >= 15 is 0 Å². The van der Waals surface area contributed by atoms with E-state index in [9.17, 15) is 20.0 Å². The number of hydrogen-bond acceptors (Lipinski definition) is 6. The molecule has 1 fully saturated rings. The molecule has 3 rings (SSSR count). The van der Waals surface area contributed by atoms with E-state index in [1.807, 2.05) is 4.90 Å². The third kappa shape index (κ3) is 2.85. The summed E-state index contributed by atoms with van der Waals surface area (Å²) in [6.07, 6.45) is 3.01. The lowest BCUT2D eigenvalue weighted by atomic mass is 10.1. The summed E-state index contributed by atoms with van der Waals surface area (Å²) in [7, 11) is 0. The molecule has 1 aliphatic heterocycles. The fourth-order valence-corrected chi connectivity index (χ4v) is 2.65. The Kier molecular flexibility index (Phi) is 3.92. The molecular weight excluding hydrogens is 302 g/mol. The molecule has 1 aromatic carbocycles. The van der Waals surface area contributed by atoms with Crippen LogP contribution >= 0.6 is 0 Å². The van der Waals surface area contributed by atoms with Gasteiger partial charge in [-0.25, -0.2) is 4.79 Å². The first-order chi connectivity index (χ1) is 11.1. The average molecular weight is 317 g/mol. The Balaban J connectivity index is 2.08. The minimum Gasteiger partial charge on any atom is -0.476 e. The lowest BCUT2D eigenvalue weighted by Gasteiger charge is -2.26. The number of para-hydroxylation sites is 2. The molecule has 2 heterocycles. The minimum atomic E-state index is -1.20. The smallest absolute Gasteiger partial charge is 0.360 e. The second-order valence-corrected chi connectivity index (χ2v) is 5.26. The molecule has 0 saturated carbocycles. The number of nitrogens with zero attached hydrogens (tertiary/aromatic N) is 5.